The van der Waals surface area contributed by atoms with Crippen LogP contribution in [-0.2, 0) is 0 Å². The maximum Gasteiger partial charge on any atom is 0.339 e. The normalized spacial score (nSPS) is 10.1. The number of nitrogens with zero attached hydrogens (tertiary/aromatic N) is 2. The standard InChI is InChI=1S/C11H7BrFN3O2/c12-6-1-8(5-14-3-6)16-10-9(11(17)18)2-7(13)4-15-10/h1-5H,(H,15,16)(H,17,18). The molecule has 0 bridgehead atoms. The van der Waals surface area contributed by atoms with Crippen molar-refractivity contribution >= 4 is 33.4 Å². The van der Waals surface area contributed by atoms with Gasteiger partial charge in [0.1, 0.15) is 17.2 Å². The number of anilines is 2. The third-order valence-corrected chi connectivity index (χ3v) is 2.49. The van der Waals surface area contributed by atoms with Gasteiger partial charge in [-0.25, -0.2) is 14.2 Å². The number of pyridine rings is 2. The number of aromatic nitrogens is 2. The Kier molecular flexibility index (Phi) is 3.52. The number of rotatable bonds is 3. The average Bonchev–Trinajstić information content (AvgIpc) is 2.31. The number of hydrogen-bond acceptors (Lipinski definition) is 4. The first kappa shape index (κ1) is 12.4. The van der Waals surface area contributed by atoms with E-state index in [1.165, 1.54) is 6.20 Å². The van der Waals surface area contributed by atoms with Gasteiger partial charge in [-0.05, 0) is 28.1 Å². The molecule has 0 aliphatic heterocycles. The summed E-state index contributed by atoms with van der Waals surface area (Å²) in [4.78, 5) is 18.6. The van der Waals surface area contributed by atoms with Crippen LogP contribution in [0, 0.1) is 5.82 Å². The van der Waals surface area contributed by atoms with Crippen molar-refractivity contribution < 1.29 is 14.3 Å². The van der Waals surface area contributed by atoms with Gasteiger partial charge in [-0.1, -0.05) is 0 Å². The Bertz CT molecular complexity index is 607. The minimum atomic E-state index is -1.26. The zero-order valence-electron chi connectivity index (χ0n) is 8.89. The summed E-state index contributed by atoms with van der Waals surface area (Å²) in [5, 5.41) is 11.7. The number of nitrogens with one attached hydrogen (secondary N) is 1. The summed E-state index contributed by atoms with van der Waals surface area (Å²) in [5.41, 5.74) is 0.306. The predicted molar refractivity (Wildman–Crippen MR) is 66.4 cm³/mol. The van der Waals surface area contributed by atoms with Gasteiger partial charge in [0.25, 0.3) is 0 Å². The van der Waals surface area contributed by atoms with Crippen molar-refractivity contribution in [3.8, 4) is 0 Å². The Morgan fingerprint density at radius 3 is 2.78 bits per heavy atom. The topological polar surface area (TPSA) is 75.1 Å². The van der Waals surface area contributed by atoms with Gasteiger partial charge >= 0.3 is 5.97 Å². The van der Waals surface area contributed by atoms with E-state index in [0.29, 0.717) is 5.69 Å². The highest BCUT2D eigenvalue weighted by molar-refractivity contribution is 9.10. The van der Waals surface area contributed by atoms with E-state index in [0.717, 1.165) is 16.7 Å². The van der Waals surface area contributed by atoms with E-state index in [2.05, 4.69) is 31.2 Å². The van der Waals surface area contributed by atoms with Crippen LogP contribution in [0.2, 0.25) is 0 Å². The van der Waals surface area contributed by atoms with Gasteiger partial charge in [0.2, 0.25) is 0 Å². The summed E-state index contributed by atoms with van der Waals surface area (Å²) in [6.07, 6.45) is 4.03. The second kappa shape index (κ2) is 5.09. The van der Waals surface area contributed by atoms with E-state index in [9.17, 15) is 9.18 Å². The van der Waals surface area contributed by atoms with E-state index in [1.54, 1.807) is 12.3 Å². The first-order valence-electron chi connectivity index (χ1n) is 4.82. The lowest BCUT2D eigenvalue weighted by Gasteiger charge is -2.08. The van der Waals surface area contributed by atoms with Gasteiger partial charge in [0.15, 0.2) is 0 Å². The molecule has 0 aromatic carbocycles. The highest BCUT2D eigenvalue weighted by atomic mass is 79.9. The Balaban J connectivity index is 2.37. The molecule has 18 heavy (non-hydrogen) atoms. The molecule has 2 aromatic rings. The van der Waals surface area contributed by atoms with Gasteiger partial charge in [0.05, 0.1) is 18.1 Å². The van der Waals surface area contributed by atoms with Gasteiger partial charge in [-0.2, -0.15) is 0 Å². The number of aromatic carboxylic acids is 1. The van der Waals surface area contributed by atoms with E-state index >= 15 is 0 Å². The Hall–Kier alpha value is -2.02. The fourth-order valence-electron chi connectivity index (χ4n) is 1.32. The van der Waals surface area contributed by atoms with Crippen molar-refractivity contribution in [2.45, 2.75) is 0 Å². The van der Waals surface area contributed by atoms with Crippen LogP contribution in [0.25, 0.3) is 0 Å². The second-order valence-corrected chi connectivity index (χ2v) is 4.29. The third kappa shape index (κ3) is 2.80. The first-order chi connectivity index (χ1) is 8.56. The van der Waals surface area contributed by atoms with Gasteiger partial charge in [-0.3, -0.25) is 4.98 Å². The first-order valence-corrected chi connectivity index (χ1v) is 5.62. The number of halogens is 2. The fraction of sp³-hybridized carbons (Fsp3) is 0. The SMILES string of the molecule is O=C(O)c1cc(F)cnc1Nc1cncc(Br)c1. The molecule has 2 N–H and O–H groups in total. The van der Waals surface area contributed by atoms with Crippen LogP contribution in [-0.4, -0.2) is 21.0 Å². The highest BCUT2D eigenvalue weighted by Crippen LogP contribution is 2.21. The van der Waals surface area contributed by atoms with Crippen molar-refractivity contribution in [1.82, 2.24) is 9.97 Å². The summed E-state index contributed by atoms with van der Waals surface area (Å²) in [6, 6.07) is 2.60. The van der Waals surface area contributed by atoms with Crippen molar-refractivity contribution in [3.05, 3.63) is 46.6 Å². The molecule has 0 fully saturated rings. The molecule has 0 spiro atoms. The zero-order valence-corrected chi connectivity index (χ0v) is 10.5. The van der Waals surface area contributed by atoms with Gasteiger partial charge in [0, 0.05) is 10.7 Å². The zero-order chi connectivity index (χ0) is 13.1. The third-order valence-electron chi connectivity index (χ3n) is 2.05. The largest absolute Gasteiger partial charge is 0.478 e. The minimum absolute atomic E-state index is 0.0591. The van der Waals surface area contributed by atoms with Crippen LogP contribution in [0.15, 0.2) is 35.2 Å². The highest BCUT2D eigenvalue weighted by Gasteiger charge is 2.13. The summed E-state index contributed by atoms with van der Waals surface area (Å²) in [5.74, 6) is -1.90. The molecule has 0 atom stereocenters. The van der Waals surface area contributed by atoms with Crippen molar-refractivity contribution in [1.29, 1.82) is 0 Å². The molecule has 7 heteroatoms. The summed E-state index contributed by atoms with van der Waals surface area (Å²) >= 11 is 3.24. The van der Waals surface area contributed by atoms with Crippen LogP contribution in [0.4, 0.5) is 15.9 Å². The maximum atomic E-state index is 12.9. The lowest BCUT2D eigenvalue weighted by atomic mass is 10.2. The summed E-state index contributed by atoms with van der Waals surface area (Å²) in [7, 11) is 0. The van der Waals surface area contributed by atoms with Crippen LogP contribution < -0.4 is 5.32 Å². The molecule has 0 radical (unpaired) electrons. The van der Waals surface area contributed by atoms with E-state index < -0.39 is 11.8 Å². The van der Waals surface area contributed by atoms with Gasteiger partial charge in [-0.15, -0.1) is 0 Å². The Morgan fingerprint density at radius 1 is 1.33 bits per heavy atom. The predicted octanol–water partition coefficient (Wildman–Crippen LogP) is 2.82. The van der Waals surface area contributed by atoms with E-state index in [4.69, 9.17) is 5.11 Å². The van der Waals surface area contributed by atoms with Crippen LogP contribution in [0.5, 0.6) is 0 Å². The van der Waals surface area contributed by atoms with Crippen molar-refractivity contribution in [2.75, 3.05) is 5.32 Å². The molecule has 2 rings (SSSR count). The molecule has 0 unspecified atom stereocenters. The van der Waals surface area contributed by atoms with E-state index in [1.807, 2.05) is 0 Å². The number of hydrogen-bond donors (Lipinski definition) is 2. The molecule has 0 saturated carbocycles. The van der Waals surface area contributed by atoms with Crippen molar-refractivity contribution in [3.63, 3.8) is 0 Å². The smallest absolute Gasteiger partial charge is 0.339 e. The fourth-order valence-corrected chi connectivity index (χ4v) is 1.68. The monoisotopic (exact) mass is 311 g/mol. The molecular weight excluding hydrogens is 305 g/mol. The summed E-state index contributed by atoms with van der Waals surface area (Å²) < 4.78 is 13.7. The molecular formula is C11H7BrFN3O2. The molecule has 0 aliphatic rings. The second-order valence-electron chi connectivity index (χ2n) is 3.37. The number of carbonyl (C=O) groups is 1. The maximum absolute atomic E-state index is 12.9. The number of carboxylic acid groups (broad SMARTS) is 1. The van der Waals surface area contributed by atoms with Gasteiger partial charge < -0.3 is 10.4 Å². The molecule has 2 aromatic heterocycles. The van der Waals surface area contributed by atoms with Crippen LogP contribution >= 0.6 is 15.9 Å². The Labute approximate surface area is 110 Å². The molecule has 2 heterocycles. The molecule has 0 aliphatic carbocycles. The lowest BCUT2D eigenvalue weighted by molar-refractivity contribution is 0.0697. The van der Waals surface area contributed by atoms with Crippen LogP contribution in [0.1, 0.15) is 10.4 Å². The summed E-state index contributed by atoms with van der Waals surface area (Å²) in [6.45, 7) is 0. The lowest BCUT2D eigenvalue weighted by Crippen LogP contribution is -2.05. The van der Waals surface area contributed by atoms with Crippen LogP contribution in [0.3, 0.4) is 0 Å². The Morgan fingerprint density at radius 2 is 2.11 bits per heavy atom. The number of carboxylic acids is 1. The van der Waals surface area contributed by atoms with Crippen molar-refractivity contribution in [2.24, 2.45) is 0 Å². The molecule has 0 saturated heterocycles. The van der Waals surface area contributed by atoms with E-state index in [-0.39, 0.29) is 11.4 Å². The quantitative estimate of drug-likeness (QED) is 0.911. The molecule has 92 valence electrons. The minimum Gasteiger partial charge on any atom is -0.478 e. The average molecular weight is 312 g/mol. The molecule has 5 nitrogen and oxygen atoms in total. The molecule has 0 amide bonds.